The van der Waals surface area contributed by atoms with Crippen molar-refractivity contribution in [3.8, 4) is 0 Å². The summed E-state index contributed by atoms with van der Waals surface area (Å²) < 4.78 is 15.7. The standard InChI is InChI=1S/C18H27FN6/c1-20-18(21-8-4-10-25-11-5-9-23-25)22-13-15-6-7-17(19)16(12-15)14-24(2)3/h5-7,9,11-12H,4,8,10,13-14H2,1-3H3,(H2,20,21,22). The van der Waals surface area contributed by atoms with Crippen LogP contribution in [0.25, 0.3) is 0 Å². The summed E-state index contributed by atoms with van der Waals surface area (Å²) in [5.41, 5.74) is 1.73. The maximum atomic E-state index is 13.8. The van der Waals surface area contributed by atoms with Gasteiger partial charge in [0.15, 0.2) is 5.96 Å². The monoisotopic (exact) mass is 346 g/mol. The van der Waals surface area contributed by atoms with Crippen LogP contribution in [0.2, 0.25) is 0 Å². The quantitative estimate of drug-likeness (QED) is 0.435. The minimum atomic E-state index is -0.168. The van der Waals surface area contributed by atoms with E-state index in [-0.39, 0.29) is 5.82 Å². The molecule has 6 nitrogen and oxygen atoms in total. The third kappa shape index (κ3) is 6.54. The molecule has 0 atom stereocenters. The molecule has 2 N–H and O–H groups in total. The van der Waals surface area contributed by atoms with Crippen LogP contribution < -0.4 is 10.6 Å². The molecule has 1 heterocycles. The first-order chi connectivity index (χ1) is 12.1. The van der Waals surface area contributed by atoms with Crippen LogP contribution in [0.4, 0.5) is 4.39 Å². The Kier molecular flexibility index (Phi) is 7.40. The Hall–Kier alpha value is -2.41. The van der Waals surface area contributed by atoms with Gasteiger partial charge in [-0.3, -0.25) is 9.67 Å². The number of hydrogen-bond acceptors (Lipinski definition) is 3. The maximum absolute atomic E-state index is 13.8. The fraction of sp³-hybridized carbons (Fsp3) is 0.444. The molecule has 0 saturated heterocycles. The van der Waals surface area contributed by atoms with Crippen molar-refractivity contribution in [2.24, 2.45) is 4.99 Å². The van der Waals surface area contributed by atoms with Crippen LogP contribution in [0, 0.1) is 5.82 Å². The predicted octanol–water partition coefficient (Wildman–Crippen LogP) is 1.84. The predicted molar refractivity (Wildman–Crippen MR) is 98.8 cm³/mol. The van der Waals surface area contributed by atoms with Crippen LogP contribution in [-0.2, 0) is 19.6 Å². The summed E-state index contributed by atoms with van der Waals surface area (Å²) in [4.78, 5) is 6.17. The smallest absolute Gasteiger partial charge is 0.191 e. The zero-order valence-electron chi connectivity index (χ0n) is 15.2. The second-order valence-corrected chi connectivity index (χ2v) is 6.14. The molecule has 0 saturated carbocycles. The molecule has 0 fully saturated rings. The first kappa shape index (κ1) is 18.9. The molecule has 2 rings (SSSR count). The van der Waals surface area contributed by atoms with Gasteiger partial charge >= 0.3 is 0 Å². The number of aliphatic imine (C=N–C) groups is 1. The third-order valence-electron chi connectivity index (χ3n) is 3.70. The lowest BCUT2D eigenvalue weighted by atomic mass is 10.1. The number of aryl methyl sites for hydroxylation is 1. The van der Waals surface area contributed by atoms with Crippen molar-refractivity contribution in [2.45, 2.75) is 26.1 Å². The van der Waals surface area contributed by atoms with Crippen LogP contribution in [0.3, 0.4) is 0 Å². The summed E-state index contributed by atoms with van der Waals surface area (Å²) in [6, 6.07) is 7.14. The molecule has 0 bridgehead atoms. The van der Waals surface area contributed by atoms with Crippen molar-refractivity contribution in [3.63, 3.8) is 0 Å². The van der Waals surface area contributed by atoms with Gasteiger partial charge in [0, 0.05) is 51.2 Å². The van der Waals surface area contributed by atoms with E-state index in [1.165, 1.54) is 6.07 Å². The zero-order valence-corrected chi connectivity index (χ0v) is 15.2. The fourth-order valence-electron chi connectivity index (χ4n) is 2.49. The van der Waals surface area contributed by atoms with E-state index in [4.69, 9.17) is 0 Å². The summed E-state index contributed by atoms with van der Waals surface area (Å²) in [6.45, 7) is 2.84. The molecule has 136 valence electrons. The van der Waals surface area contributed by atoms with Gasteiger partial charge in [-0.15, -0.1) is 0 Å². The number of nitrogens with one attached hydrogen (secondary N) is 2. The highest BCUT2D eigenvalue weighted by molar-refractivity contribution is 5.79. The van der Waals surface area contributed by atoms with Gasteiger partial charge < -0.3 is 15.5 Å². The number of rotatable bonds is 8. The number of aromatic nitrogens is 2. The van der Waals surface area contributed by atoms with E-state index in [2.05, 4.69) is 20.7 Å². The Balaban J connectivity index is 1.78. The van der Waals surface area contributed by atoms with Crippen LogP contribution >= 0.6 is 0 Å². The minimum Gasteiger partial charge on any atom is -0.356 e. The van der Waals surface area contributed by atoms with Gasteiger partial charge in [-0.1, -0.05) is 6.07 Å². The van der Waals surface area contributed by atoms with E-state index in [1.54, 1.807) is 19.3 Å². The average molecular weight is 346 g/mol. The second-order valence-electron chi connectivity index (χ2n) is 6.14. The maximum Gasteiger partial charge on any atom is 0.191 e. The molecule has 0 aliphatic heterocycles. The largest absolute Gasteiger partial charge is 0.356 e. The summed E-state index contributed by atoms with van der Waals surface area (Å²) in [6.07, 6.45) is 4.68. The molecule has 2 aromatic rings. The minimum absolute atomic E-state index is 0.168. The lowest BCUT2D eigenvalue weighted by molar-refractivity contribution is 0.392. The van der Waals surface area contributed by atoms with Gasteiger partial charge in [0.25, 0.3) is 0 Å². The first-order valence-corrected chi connectivity index (χ1v) is 8.42. The Morgan fingerprint density at radius 3 is 2.84 bits per heavy atom. The van der Waals surface area contributed by atoms with Crippen LogP contribution in [0.1, 0.15) is 17.5 Å². The van der Waals surface area contributed by atoms with E-state index in [0.29, 0.717) is 18.7 Å². The number of hydrogen-bond donors (Lipinski definition) is 2. The molecule has 0 spiro atoms. The Morgan fingerprint density at radius 1 is 1.32 bits per heavy atom. The lowest BCUT2D eigenvalue weighted by Gasteiger charge is -2.14. The van der Waals surface area contributed by atoms with E-state index in [9.17, 15) is 4.39 Å². The van der Waals surface area contributed by atoms with Crippen molar-refractivity contribution < 1.29 is 4.39 Å². The number of benzene rings is 1. The molecule has 0 radical (unpaired) electrons. The van der Waals surface area contributed by atoms with Gasteiger partial charge in [0.1, 0.15) is 5.82 Å². The molecule has 1 aromatic carbocycles. The van der Waals surface area contributed by atoms with Crippen molar-refractivity contribution in [3.05, 3.63) is 53.6 Å². The summed E-state index contributed by atoms with van der Waals surface area (Å²) in [5.74, 6) is 0.567. The van der Waals surface area contributed by atoms with Crippen molar-refractivity contribution in [1.29, 1.82) is 0 Å². The third-order valence-corrected chi connectivity index (χ3v) is 3.70. The molecule has 0 amide bonds. The average Bonchev–Trinajstić information content (AvgIpc) is 3.10. The van der Waals surface area contributed by atoms with E-state index >= 15 is 0 Å². The van der Waals surface area contributed by atoms with Gasteiger partial charge in [0.2, 0.25) is 0 Å². The SMILES string of the molecule is CN=C(NCCCn1cccn1)NCc1ccc(F)c(CN(C)C)c1. The van der Waals surface area contributed by atoms with Crippen LogP contribution in [0.15, 0.2) is 41.7 Å². The van der Waals surface area contributed by atoms with E-state index in [1.807, 2.05) is 42.0 Å². The highest BCUT2D eigenvalue weighted by atomic mass is 19.1. The highest BCUT2D eigenvalue weighted by Crippen LogP contribution is 2.12. The normalized spacial score (nSPS) is 11.8. The van der Waals surface area contributed by atoms with Crippen molar-refractivity contribution in [2.75, 3.05) is 27.7 Å². The van der Waals surface area contributed by atoms with Crippen LogP contribution in [-0.4, -0.2) is 48.3 Å². The number of nitrogens with zero attached hydrogens (tertiary/aromatic N) is 4. The van der Waals surface area contributed by atoms with Gasteiger partial charge in [-0.2, -0.15) is 5.10 Å². The van der Waals surface area contributed by atoms with Gasteiger partial charge in [-0.25, -0.2) is 4.39 Å². The highest BCUT2D eigenvalue weighted by Gasteiger charge is 2.06. The molecule has 25 heavy (non-hydrogen) atoms. The van der Waals surface area contributed by atoms with Gasteiger partial charge in [0.05, 0.1) is 0 Å². The lowest BCUT2D eigenvalue weighted by Crippen LogP contribution is -2.37. The Morgan fingerprint density at radius 2 is 2.16 bits per heavy atom. The van der Waals surface area contributed by atoms with Gasteiger partial charge in [-0.05, 0) is 44.3 Å². The van der Waals surface area contributed by atoms with E-state index in [0.717, 1.165) is 31.0 Å². The topological polar surface area (TPSA) is 57.5 Å². The molecule has 0 aliphatic rings. The van der Waals surface area contributed by atoms with Crippen molar-refractivity contribution in [1.82, 2.24) is 25.3 Å². The summed E-state index contributed by atoms with van der Waals surface area (Å²) in [7, 11) is 5.60. The molecular weight excluding hydrogens is 319 g/mol. The van der Waals surface area contributed by atoms with Crippen molar-refractivity contribution >= 4 is 5.96 Å². The Bertz CT molecular complexity index is 666. The fourth-order valence-corrected chi connectivity index (χ4v) is 2.49. The zero-order chi connectivity index (χ0) is 18.1. The molecule has 0 aliphatic carbocycles. The molecule has 0 unspecified atom stereocenters. The number of guanidine groups is 1. The van der Waals surface area contributed by atoms with Crippen LogP contribution in [0.5, 0.6) is 0 Å². The second kappa shape index (κ2) is 9.78. The molecule has 7 heteroatoms. The molecular formula is C18H27FN6. The molecule has 1 aromatic heterocycles. The Labute approximate surface area is 148 Å². The summed E-state index contributed by atoms with van der Waals surface area (Å²) >= 11 is 0. The van der Waals surface area contributed by atoms with E-state index < -0.39 is 0 Å². The first-order valence-electron chi connectivity index (χ1n) is 8.42. The summed E-state index contributed by atoms with van der Waals surface area (Å²) in [5, 5.41) is 10.7. The number of halogens is 1.